The fourth-order valence-electron chi connectivity index (χ4n) is 2.59. The van der Waals surface area contributed by atoms with Crippen molar-refractivity contribution in [2.45, 2.75) is 18.4 Å². The zero-order valence-electron chi connectivity index (χ0n) is 9.73. The molecular weight excluding hydrogens is 212 g/mol. The van der Waals surface area contributed by atoms with Gasteiger partial charge in [0.15, 0.2) is 0 Å². The van der Waals surface area contributed by atoms with Crippen molar-refractivity contribution < 1.29 is 4.74 Å². The van der Waals surface area contributed by atoms with Gasteiger partial charge >= 0.3 is 0 Å². The van der Waals surface area contributed by atoms with Crippen molar-refractivity contribution in [1.82, 2.24) is 4.98 Å². The minimum absolute atomic E-state index is 0.348. The molecule has 1 unspecified atom stereocenters. The summed E-state index contributed by atoms with van der Waals surface area (Å²) in [4.78, 5) is 4.15. The van der Waals surface area contributed by atoms with Crippen LogP contribution in [0.4, 0.5) is 0 Å². The molecule has 1 aromatic carbocycles. The quantitative estimate of drug-likeness (QED) is 0.814. The Bertz CT molecular complexity index is 527. The molecule has 1 saturated heterocycles. The van der Waals surface area contributed by atoms with E-state index in [0.29, 0.717) is 6.61 Å². The number of fused-ring (bicyclic) bond motifs is 1. The first-order valence-corrected chi connectivity index (χ1v) is 5.99. The SMILES string of the molecule is NC1(c2cccc3cnccc23)CCCOC1. The van der Waals surface area contributed by atoms with Crippen LogP contribution in [0.25, 0.3) is 10.8 Å². The fourth-order valence-corrected chi connectivity index (χ4v) is 2.59. The van der Waals surface area contributed by atoms with Gasteiger partial charge in [-0.05, 0) is 29.9 Å². The summed E-state index contributed by atoms with van der Waals surface area (Å²) in [6.07, 6.45) is 5.71. The van der Waals surface area contributed by atoms with E-state index in [4.69, 9.17) is 10.5 Å². The van der Waals surface area contributed by atoms with Crippen molar-refractivity contribution in [2.24, 2.45) is 5.73 Å². The highest BCUT2D eigenvalue weighted by Crippen LogP contribution is 2.32. The lowest BCUT2D eigenvalue weighted by Crippen LogP contribution is -2.44. The van der Waals surface area contributed by atoms with Gasteiger partial charge in [0.1, 0.15) is 0 Å². The Morgan fingerprint density at radius 3 is 3.06 bits per heavy atom. The number of benzene rings is 1. The lowest BCUT2D eigenvalue weighted by molar-refractivity contribution is 0.0373. The molecule has 0 bridgehead atoms. The van der Waals surface area contributed by atoms with E-state index in [1.165, 1.54) is 10.9 Å². The standard InChI is InChI=1S/C14H16N2O/c15-14(6-2-8-17-10-14)13-4-1-3-11-9-16-7-5-12(11)13/h1,3-5,7,9H,2,6,8,10,15H2. The van der Waals surface area contributed by atoms with Gasteiger partial charge in [-0.15, -0.1) is 0 Å². The van der Waals surface area contributed by atoms with Gasteiger partial charge in [-0.25, -0.2) is 0 Å². The van der Waals surface area contributed by atoms with Gasteiger partial charge < -0.3 is 10.5 Å². The van der Waals surface area contributed by atoms with Gasteiger partial charge in [0, 0.05) is 24.4 Å². The second kappa shape index (κ2) is 4.09. The van der Waals surface area contributed by atoms with E-state index < -0.39 is 0 Å². The van der Waals surface area contributed by atoms with Gasteiger partial charge in [0.2, 0.25) is 0 Å². The van der Waals surface area contributed by atoms with Crippen LogP contribution >= 0.6 is 0 Å². The summed E-state index contributed by atoms with van der Waals surface area (Å²) in [5.41, 5.74) is 7.33. The fraction of sp³-hybridized carbons (Fsp3) is 0.357. The predicted molar refractivity (Wildman–Crippen MR) is 67.7 cm³/mol. The molecule has 17 heavy (non-hydrogen) atoms. The molecule has 0 amide bonds. The highest BCUT2D eigenvalue weighted by molar-refractivity contribution is 5.85. The van der Waals surface area contributed by atoms with Gasteiger partial charge in [-0.2, -0.15) is 0 Å². The summed E-state index contributed by atoms with van der Waals surface area (Å²) < 4.78 is 5.55. The van der Waals surface area contributed by atoms with Crippen LogP contribution in [-0.4, -0.2) is 18.2 Å². The molecular formula is C14H16N2O. The monoisotopic (exact) mass is 228 g/mol. The normalized spacial score (nSPS) is 25.0. The van der Waals surface area contributed by atoms with Crippen molar-refractivity contribution in [3.05, 3.63) is 42.2 Å². The molecule has 3 nitrogen and oxygen atoms in total. The number of rotatable bonds is 1. The average molecular weight is 228 g/mol. The van der Waals surface area contributed by atoms with Crippen molar-refractivity contribution in [1.29, 1.82) is 0 Å². The van der Waals surface area contributed by atoms with Crippen molar-refractivity contribution >= 4 is 10.8 Å². The third kappa shape index (κ3) is 1.81. The molecule has 2 aromatic rings. The second-order valence-corrected chi connectivity index (χ2v) is 4.71. The van der Waals surface area contributed by atoms with Gasteiger partial charge in [0.25, 0.3) is 0 Å². The van der Waals surface area contributed by atoms with Crippen LogP contribution in [-0.2, 0) is 10.3 Å². The smallest absolute Gasteiger partial charge is 0.0688 e. The molecule has 1 aromatic heterocycles. The van der Waals surface area contributed by atoms with Gasteiger partial charge in [-0.3, -0.25) is 4.98 Å². The maximum Gasteiger partial charge on any atom is 0.0688 e. The Morgan fingerprint density at radius 1 is 1.29 bits per heavy atom. The zero-order chi connectivity index (χ0) is 11.7. The lowest BCUT2D eigenvalue weighted by Gasteiger charge is -2.34. The minimum atomic E-state index is -0.348. The third-order valence-electron chi connectivity index (χ3n) is 3.49. The molecule has 0 spiro atoms. The predicted octanol–water partition coefficient (Wildman–Crippen LogP) is 2.20. The first-order valence-electron chi connectivity index (χ1n) is 5.99. The van der Waals surface area contributed by atoms with E-state index in [1.807, 2.05) is 24.5 Å². The summed E-state index contributed by atoms with van der Waals surface area (Å²) in [6.45, 7) is 1.43. The molecule has 3 heteroatoms. The summed E-state index contributed by atoms with van der Waals surface area (Å²) in [6, 6.07) is 8.26. The topological polar surface area (TPSA) is 48.1 Å². The molecule has 88 valence electrons. The van der Waals surface area contributed by atoms with Gasteiger partial charge in [0.05, 0.1) is 12.1 Å². The van der Waals surface area contributed by atoms with E-state index in [-0.39, 0.29) is 5.54 Å². The number of ether oxygens (including phenoxy) is 1. The summed E-state index contributed by atoms with van der Waals surface area (Å²) in [5.74, 6) is 0. The van der Waals surface area contributed by atoms with E-state index in [9.17, 15) is 0 Å². The van der Waals surface area contributed by atoms with Crippen LogP contribution in [0.3, 0.4) is 0 Å². The number of aromatic nitrogens is 1. The van der Waals surface area contributed by atoms with Crippen LogP contribution < -0.4 is 5.73 Å². The molecule has 0 radical (unpaired) electrons. The maximum absolute atomic E-state index is 6.50. The highest BCUT2D eigenvalue weighted by Gasteiger charge is 2.31. The van der Waals surface area contributed by atoms with E-state index in [2.05, 4.69) is 17.1 Å². The number of nitrogens with zero attached hydrogens (tertiary/aromatic N) is 1. The third-order valence-corrected chi connectivity index (χ3v) is 3.49. The molecule has 1 atom stereocenters. The van der Waals surface area contributed by atoms with Crippen LogP contribution in [0.15, 0.2) is 36.7 Å². The lowest BCUT2D eigenvalue weighted by atomic mass is 9.83. The average Bonchev–Trinajstić information content (AvgIpc) is 2.39. The molecule has 1 aliphatic rings. The van der Waals surface area contributed by atoms with Crippen molar-refractivity contribution in [2.75, 3.05) is 13.2 Å². The first-order chi connectivity index (χ1) is 8.30. The van der Waals surface area contributed by atoms with Gasteiger partial charge in [-0.1, -0.05) is 18.2 Å². The van der Waals surface area contributed by atoms with E-state index in [0.717, 1.165) is 24.8 Å². The molecule has 2 heterocycles. The molecule has 3 rings (SSSR count). The van der Waals surface area contributed by atoms with E-state index in [1.54, 1.807) is 0 Å². The number of hydrogen-bond donors (Lipinski definition) is 1. The Balaban J connectivity index is 2.16. The summed E-state index contributed by atoms with van der Waals surface area (Å²) >= 11 is 0. The Hall–Kier alpha value is -1.45. The van der Waals surface area contributed by atoms with Crippen LogP contribution in [0.1, 0.15) is 18.4 Å². The Morgan fingerprint density at radius 2 is 2.24 bits per heavy atom. The second-order valence-electron chi connectivity index (χ2n) is 4.71. The molecule has 0 aliphatic carbocycles. The van der Waals surface area contributed by atoms with E-state index >= 15 is 0 Å². The summed E-state index contributed by atoms with van der Waals surface area (Å²) in [5, 5.41) is 2.33. The largest absolute Gasteiger partial charge is 0.379 e. The van der Waals surface area contributed by atoms with Crippen LogP contribution in [0, 0.1) is 0 Å². The highest BCUT2D eigenvalue weighted by atomic mass is 16.5. The molecule has 2 N–H and O–H groups in total. The number of pyridine rings is 1. The molecule has 0 saturated carbocycles. The Kier molecular flexibility index (Phi) is 2.57. The van der Waals surface area contributed by atoms with Crippen molar-refractivity contribution in [3.8, 4) is 0 Å². The summed E-state index contributed by atoms with van der Waals surface area (Å²) in [7, 11) is 0. The zero-order valence-corrected chi connectivity index (χ0v) is 9.73. The van der Waals surface area contributed by atoms with Crippen LogP contribution in [0.5, 0.6) is 0 Å². The minimum Gasteiger partial charge on any atom is -0.379 e. The molecule has 1 fully saturated rings. The van der Waals surface area contributed by atoms with Crippen molar-refractivity contribution in [3.63, 3.8) is 0 Å². The Labute approximate surface area is 101 Å². The number of nitrogens with two attached hydrogens (primary N) is 1. The van der Waals surface area contributed by atoms with Crippen LogP contribution in [0.2, 0.25) is 0 Å². The number of hydrogen-bond acceptors (Lipinski definition) is 3. The molecule has 1 aliphatic heterocycles. The maximum atomic E-state index is 6.50. The first kappa shape index (κ1) is 10.7.